The molecule has 102 valence electrons. The standard InChI is InChI=1S/C14H20N4O/c15-10-12-9-11(3-4-16-12)14(19)18-7-5-17(6-8-18)13-1-2-13/h3-4,9,13H,1-2,5-8,10,15H2. The maximum Gasteiger partial charge on any atom is 0.254 e. The summed E-state index contributed by atoms with van der Waals surface area (Å²) in [5, 5.41) is 0. The topological polar surface area (TPSA) is 62.5 Å². The Morgan fingerprint density at radius 3 is 2.68 bits per heavy atom. The normalized spacial score (nSPS) is 20.6. The van der Waals surface area contributed by atoms with Gasteiger partial charge in [-0.05, 0) is 25.0 Å². The van der Waals surface area contributed by atoms with E-state index in [1.165, 1.54) is 12.8 Å². The molecule has 1 aromatic rings. The van der Waals surface area contributed by atoms with Crippen LogP contribution in [0.1, 0.15) is 28.9 Å². The summed E-state index contributed by atoms with van der Waals surface area (Å²) >= 11 is 0. The molecule has 2 fully saturated rings. The fourth-order valence-corrected chi connectivity index (χ4v) is 2.64. The first kappa shape index (κ1) is 12.6. The third-order valence-electron chi connectivity index (χ3n) is 3.94. The minimum Gasteiger partial charge on any atom is -0.336 e. The molecule has 0 spiro atoms. The van der Waals surface area contributed by atoms with E-state index < -0.39 is 0 Å². The summed E-state index contributed by atoms with van der Waals surface area (Å²) in [4.78, 5) is 21.0. The fraction of sp³-hybridized carbons (Fsp3) is 0.571. The van der Waals surface area contributed by atoms with Crippen LogP contribution in [0.25, 0.3) is 0 Å². The molecular weight excluding hydrogens is 240 g/mol. The van der Waals surface area contributed by atoms with Crippen molar-refractivity contribution >= 4 is 5.91 Å². The molecule has 1 aliphatic carbocycles. The smallest absolute Gasteiger partial charge is 0.254 e. The summed E-state index contributed by atoms with van der Waals surface area (Å²) in [6.45, 7) is 4.04. The summed E-state index contributed by atoms with van der Waals surface area (Å²) in [5.74, 6) is 0.104. The lowest BCUT2D eigenvalue weighted by molar-refractivity contribution is 0.0627. The third kappa shape index (κ3) is 2.77. The molecule has 0 aromatic carbocycles. The Kier molecular flexibility index (Phi) is 3.48. The van der Waals surface area contributed by atoms with Crippen molar-refractivity contribution in [3.05, 3.63) is 29.6 Å². The van der Waals surface area contributed by atoms with Gasteiger partial charge in [-0.1, -0.05) is 0 Å². The number of carbonyl (C=O) groups excluding carboxylic acids is 1. The van der Waals surface area contributed by atoms with Gasteiger partial charge in [0.25, 0.3) is 5.91 Å². The van der Waals surface area contributed by atoms with Crippen LogP contribution in [0.2, 0.25) is 0 Å². The van der Waals surface area contributed by atoms with Crippen LogP contribution in [0, 0.1) is 0 Å². The SMILES string of the molecule is NCc1cc(C(=O)N2CCN(C3CC3)CC2)ccn1. The van der Waals surface area contributed by atoms with E-state index in [-0.39, 0.29) is 5.91 Å². The highest BCUT2D eigenvalue weighted by atomic mass is 16.2. The van der Waals surface area contributed by atoms with Gasteiger partial charge in [-0.15, -0.1) is 0 Å². The largest absolute Gasteiger partial charge is 0.336 e. The number of piperazine rings is 1. The fourth-order valence-electron chi connectivity index (χ4n) is 2.64. The molecule has 1 aliphatic heterocycles. The van der Waals surface area contributed by atoms with Crippen LogP contribution in [0.4, 0.5) is 0 Å². The van der Waals surface area contributed by atoms with Crippen LogP contribution < -0.4 is 5.73 Å². The molecule has 1 aromatic heterocycles. The summed E-state index contributed by atoms with van der Waals surface area (Å²) in [5.41, 5.74) is 7.03. The second-order valence-corrected chi connectivity index (χ2v) is 5.30. The van der Waals surface area contributed by atoms with Crippen LogP contribution >= 0.6 is 0 Å². The van der Waals surface area contributed by atoms with Gasteiger partial charge in [-0.25, -0.2) is 0 Å². The number of rotatable bonds is 3. The van der Waals surface area contributed by atoms with Crippen molar-refractivity contribution in [2.75, 3.05) is 26.2 Å². The van der Waals surface area contributed by atoms with E-state index in [1.54, 1.807) is 18.3 Å². The van der Waals surface area contributed by atoms with Crippen molar-refractivity contribution in [1.29, 1.82) is 0 Å². The Hall–Kier alpha value is -1.46. The minimum atomic E-state index is 0.104. The zero-order chi connectivity index (χ0) is 13.2. The molecule has 1 saturated carbocycles. The number of amides is 1. The van der Waals surface area contributed by atoms with E-state index in [1.807, 2.05) is 4.90 Å². The number of nitrogens with zero attached hydrogens (tertiary/aromatic N) is 3. The quantitative estimate of drug-likeness (QED) is 0.857. The van der Waals surface area contributed by atoms with Crippen molar-refractivity contribution in [3.63, 3.8) is 0 Å². The molecular formula is C14H20N4O. The molecule has 0 bridgehead atoms. The Bertz CT molecular complexity index is 464. The van der Waals surface area contributed by atoms with Gasteiger partial charge in [-0.2, -0.15) is 0 Å². The predicted molar refractivity (Wildman–Crippen MR) is 72.6 cm³/mol. The van der Waals surface area contributed by atoms with E-state index >= 15 is 0 Å². The number of nitrogens with two attached hydrogens (primary N) is 1. The average Bonchev–Trinajstić information content (AvgIpc) is 3.31. The van der Waals surface area contributed by atoms with E-state index in [9.17, 15) is 4.79 Å². The van der Waals surface area contributed by atoms with Crippen molar-refractivity contribution in [2.24, 2.45) is 5.73 Å². The Morgan fingerprint density at radius 2 is 2.05 bits per heavy atom. The molecule has 5 heteroatoms. The van der Waals surface area contributed by atoms with E-state index in [0.29, 0.717) is 12.1 Å². The van der Waals surface area contributed by atoms with Gasteiger partial charge in [0.05, 0.1) is 5.69 Å². The molecule has 19 heavy (non-hydrogen) atoms. The van der Waals surface area contributed by atoms with Crippen molar-refractivity contribution < 1.29 is 4.79 Å². The zero-order valence-corrected chi connectivity index (χ0v) is 11.1. The zero-order valence-electron chi connectivity index (χ0n) is 11.1. The van der Waals surface area contributed by atoms with Crippen LogP contribution in [-0.2, 0) is 6.54 Å². The van der Waals surface area contributed by atoms with Crippen LogP contribution in [0.15, 0.2) is 18.3 Å². The number of hydrogen-bond acceptors (Lipinski definition) is 4. The highest BCUT2D eigenvalue weighted by molar-refractivity contribution is 5.94. The Labute approximate surface area is 113 Å². The molecule has 5 nitrogen and oxygen atoms in total. The van der Waals surface area contributed by atoms with Gasteiger partial charge < -0.3 is 10.6 Å². The highest BCUT2D eigenvalue weighted by Crippen LogP contribution is 2.27. The van der Waals surface area contributed by atoms with Crippen LogP contribution in [0.5, 0.6) is 0 Å². The predicted octanol–water partition coefficient (Wildman–Crippen LogP) is 0.460. The number of aromatic nitrogens is 1. The molecule has 0 radical (unpaired) electrons. The van der Waals surface area contributed by atoms with Crippen molar-refractivity contribution in [3.8, 4) is 0 Å². The monoisotopic (exact) mass is 260 g/mol. The molecule has 2 heterocycles. The van der Waals surface area contributed by atoms with Crippen molar-refractivity contribution in [1.82, 2.24) is 14.8 Å². The lowest BCUT2D eigenvalue weighted by Crippen LogP contribution is -2.49. The second kappa shape index (κ2) is 5.27. The van der Waals surface area contributed by atoms with Gasteiger partial charge in [0.15, 0.2) is 0 Å². The van der Waals surface area contributed by atoms with Gasteiger partial charge in [-0.3, -0.25) is 14.7 Å². The summed E-state index contributed by atoms with van der Waals surface area (Å²) in [6.07, 6.45) is 4.33. The molecule has 2 aliphatic rings. The first-order chi connectivity index (χ1) is 9.28. The van der Waals surface area contributed by atoms with Crippen molar-refractivity contribution in [2.45, 2.75) is 25.4 Å². The number of pyridine rings is 1. The first-order valence-electron chi connectivity index (χ1n) is 6.96. The maximum atomic E-state index is 12.4. The molecule has 2 N–H and O–H groups in total. The molecule has 3 rings (SSSR count). The average molecular weight is 260 g/mol. The summed E-state index contributed by atoms with van der Waals surface area (Å²) in [6, 6.07) is 4.37. The van der Waals surface area contributed by atoms with Gasteiger partial charge >= 0.3 is 0 Å². The molecule has 0 unspecified atom stereocenters. The lowest BCUT2D eigenvalue weighted by Gasteiger charge is -2.34. The second-order valence-electron chi connectivity index (χ2n) is 5.30. The van der Waals surface area contributed by atoms with Crippen LogP contribution in [0.3, 0.4) is 0 Å². The van der Waals surface area contributed by atoms with Gasteiger partial charge in [0, 0.05) is 50.5 Å². The molecule has 0 atom stereocenters. The van der Waals surface area contributed by atoms with Crippen LogP contribution in [-0.4, -0.2) is 52.9 Å². The van der Waals surface area contributed by atoms with E-state index in [4.69, 9.17) is 5.73 Å². The van der Waals surface area contributed by atoms with E-state index in [0.717, 1.165) is 37.9 Å². The Balaban J connectivity index is 1.63. The summed E-state index contributed by atoms with van der Waals surface area (Å²) < 4.78 is 0. The Morgan fingerprint density at radius 1 is 1.32 bits per heavy atom. The maximum absolute atomic E-state index is 12.4. The van der Waals surface area contributed by atoms with Gasteiger partial charge in [0.1, 0.15) is 0 Å². The number of carbonyl (C=O) groups is 1. The van der Waals surface area contributed by atoms with Gasteiger partial charge in [0.2, 0.25) is 0 Å². The number of hydrogen-bond donors (Lipinski definition) is 1. The highest BCUT2D eigenvalue weighted by Gasteiger charge is 2.32. The lowest BCUT2D eigenvalue weighted by atomic mass is 10.2. The van der Waals surface area contributed by atoms with E-state index in [2.05, 4.69) is 9.88 Å². The summed E-state index contributed by atoms with van der Waals surface area (Å²) in [7, 11) is 0. The minimum absolute atomic E-state index is 0.104. The molecule has 1 saturated heterocycles. The molecule has 1 amide bonds. The third-order valence-corrected chi connectivity index (χ3v) is 3.94. The first-order valence-corrected chi connectivity index (χ1v) is 6.96.